The van der Waals surface area contributed by atoms with E-state index < -0.39 is 0 Å². The van der Waals surface area contributed by atoms with Crippen molar-refractivity contribution in [2.75, 3.05) is 7.11 Å². The summed E-state index contributed by atoms with van der Waals surface area (Å²) in [6.07, 6.45) is 3.05. The molecule has 0 unspecified atom stereocenters. The SMILES string of the molecule is COc1cc(-c2nc(CNC(=O)c3ncccc3C)co2)ccc1O. The van der Waals surface area contributed by atoms with Gasteiger partial charge >= 0.3 is 0 Å². The van der Waals surface area contributed by atoms with Crippen LogP contribution in [-0.4, -0.2) is 28.1 Å². The van der Waals surface area contributed by atoms with Crippen LogP contribution in [0.5, 0.6) is 11.5 Å². The van der Waals surface area contributed by atoms with Crippen LogP contribution in [0, 0.1) is 6.92 Å². The van der Waals surface area contributed by atoms with E-state index in [4.69, 9.17) is 9.15 Å². The number of ether oxygens (including phenoxy) is 1. The number of aryl methyl sites for hydroxylation is 1. The fourth-order valence-electron chi connectivity index (χ4n) is 2.31. The molecule has 128 valence electrons. The van der Waals surface area contributed by atoms with Crippen LogP contribution < -0.4 is 10.1 Å². The van der Waals surface area contributed by atoms with Crippen molar-refractivity contribution in [3.63, 3.8) is 0 Å². The molecule has 0 bridgehead atoms. The third kappa shape index (κ3) is 3.60. The Morgan fingerprint density at radius 1 is 1.36 bits per heavy atom. The van der Waals surface area contributed by atoms with Gasteiger partial charge in [0.05, 0.1) is 19.3 Å². The largest absolute Gasteiger partial charge is 0.504 e. The van der Waals surface area contributed by atoms with E-state index in [9.17, 15) is 9.90 Å². The van der Waals surface area contributed by atoms with Crippen molar-refractivity contribution < 1.29 is 19.1 Å². The molecule has 0 aliphatic rings. The molecule has 2 heterocycles. The molecule has 3 aromatic rings. The van der Waals surface area contributed by atoms with Crippen molar-refractivity contribution in [2.45, 2.75) is 13.5 Å². The Balaban J connectivity index is 1.70. The molecule has 0 saturated carbocycles. The molecular weight excluding hydrogens is 322 g/mol. The fourth-order valence-corrected chi connectivity index (χ4v) is 2.31. The summed E-state index contributed by atoms with van der Waals surface area (Å²) < 4.78 is 10.5. The van der Waals surface area contributed by atoms with Gasteiger partial charge < -0.3 is 19.6 Å². The highest BCUT2D eigenvalue weighted by molar-refractivity contribution is 5.93. The Morgan fingerprint density at radius 3 is 2.96 bits per heavy atom. The summed E-state index contributed by atoms with van der Waals surface area (Å²) in [5.41, 5.74) is 2.42. The summed E-state index contributed by atoms with van der Waals surface area (Å²) in [6.45, 7) is 2.04. The van der Waals surface area contributed by atoms with E-state index in [-0.39, 0.29) is 18.2 Å². The summed E-state index contributed by atoms with van der Waals surface area (Å²) in [5.74, 6) is 0.470. The molecule has 0 atom stereocenters. The number of pyridine rings is 1. The summed E-state index contributed by atoms with van der Waals surface area (Å²) in [4.78, 5) is 20.6. The normalized spacial score (nSPS) is 10.5. The highest BCUT2D eigenvalue weighted by Gasteiger charge is 2.13. The lowest BCUT2D eigenvalue weighted by Crippen LogP contribution is -2.24. The number of phenols is 1. The molecule has 0 aliphatic heterocycles. The van der Waals surface area contributed by atoms with E-state index in [0.717, 1.165) is 5.56 Å². The van der Waals surface area contributed by atoms with E-state index in [1.165, 1.54) is 19.4 Å². The molecule has 7 nitrogen and oxygen atoms in total. The molecule has 2 aromatic heterocycles. The molecule has 0 spiro atoms. The molecule has 2 N–H and O–H groups in total. The number of aromatic hydroxyl groups is 1. The summed E-state index contributed by atoms with van der Waals surface area (Å²) in [5, 5.41) is 12.4. The molecule has 7 heteroatoms. The predicted molar refractivity (Wildman–Crippen MR) is 90.3 cm³/mol. The number of methoxy groups -OCH3 is 1. The van der Waals surface area contributed by atoms with Gasteiger partial charge in [-0.2, -0.15) is 0 Å². The first-order chi connectivity index (χ1) is 12.1. The molecule has 0 saturated heterocycles. The van der Waals surface area contributed by atoms with E-state index in [1.54, 1.807) is 24.4 Å². The number of amides is 1. The third-order valence-corrected chi connectivity index (χ3v) is 3.63. The number of nitrogens with one attached hydrogen (secondary N) is 1. The van der Waals surface area contributed by atoms with Crippen LogP contribution in [0.3, 0.4) is 0 Å². The summed E-state index contributed by atoms with van der Waals surface area (Å²) in [6, 6.07) is 8.41. The Bertz CT molecular complexity index is 905. The van der Waals surface area contributed by atoms with Crippen molar-refractivity contribution >= 4 is 5.91 Å². The van der Waals surface area contributed by atoms with E-state index in [1.807, 2.05) is 13.0 Å². The molecule has 1 amide bonds. The van der Waals surface area contributed by atoms with Gasteiger partial charge in [-0.3, -0.25) is 9.78 Å². The van der Waals surface area contributed by atoms with Crippen molar-refractivity contribution in [1.29, 1.82) is 0 Å². The van der Waals surface area contributed by atoms with Gasteiger partial charge in [0.25, 0.3) is 5.91 Å². The molecule has 1 aromatic carbocycles. The van der Waals surface area contributed by atoms with Crippen LogP contribution in [0.4, 0.5) is 0 Å². The van der Waals surface area contributed by atoms with Crippen LogP contribution in [0.2, 0.25) is 0 Å². The first-order valence-corrected chi connectivity index (χ1v) is 7.60. The maximum absolute atomic E-state index is 12.2. The van der Waals surface area contributed by atoms with Crippen LogP contribution in [0.15, 0.2) is 47.2 Å². The lowest BCUT2D eigenvalue weighted by molar-refractivity contribution is 0.0945. The highest BCUT2D eigenvalue weighted by atomic mass is 16.5. The van der Waals surface area contributed by atoms with Gasteiger partial charge in [0.2, 0.25) is 5.89 Å². The minimum absolute atomic E-state index is 0.0380. The zero-order valence-corrected chi connectivity index (χ0v) is 13.8. The van der Waals surface area contributed by atoms with Gasteiger partial charge in [-0.15, -0.1) is 0 Å². The number of rotatable bonds is 5. The zero-order valence-electron chi connectivity index (χ0n) is 13.8. The first kappa shape index (κ1) is 16.5. The van der Waals surface area contributed by atoms with E-state index in [0.29, 0.717) is 28.6 Å². The molecule has 0 radical (unpaired) electrons. The van der Waals surface area contributed by atoms with Gasteiger partial charge in [-0.1, -0.05) is 6.07 Å². The number of carbonyl (C=O) groups excluding carboxylic acids is 1. The monoisotopic (exact) mass is 339 g/mol. The highest BCUT2D eigenvalue weighted by Crippen LogP contribution is 2.30. The lowest BCUT2D eigenvalue weighted by atomic mass is 10.2. The second-order valence-electron chi connectivity index (χ2n) is 5.38. The minimum Gasteiger partial charge on any atom is -0.504 e. The maximum atomic E-state index is 12.2. The van der Waals surface area contributed by atoms with Crippen molar-refractivity contribution in [1.82, 2.24) is 15.3 Å². The molecular formula is C18H17N3O4. The number of carbonyl (C=O) groups is 1. The predicted octanol–water partition coefficient (Wildman–Crippen LogP) is 2.69. The van der Waals surface area contributed by atoms with Gasteiger partial charge in [0.1, 0.15) is 12.0 Å². The average Bonchev–Trinajstić information content (AvgIpc) is 3.09. The van der Waals surface area contributed by atoms with Gasteiger partial charge in [0, 0.05) is 11.8 Å². The molecule has 0 aliphatic carbocycles. The van der Waals surface area contributed by atoms with Crippen LogP contribution in [0.1, 0.15) is 21.7 Å². The van der Waals surface area contributed by atoms with Gasteiger partial charge in [0.15, 0.2) is 11.5 Å². The molecule has 3 rings (SSSR count). The maximum Gasteiger partial charge on any atom is 0.270 e. The summed E-state index contributed by atoms with van der Waals surface area (Å²) in [7, 11) is 1.47. The van der Waals surface area contributed by atoms with E-state index in [2.05, 4.69) is 15.3 Å². The smallest absolute Gasteiger partial charge is 0.270 e. The minimum atomic E-state index is -0.269. The lowest BCUT2D eigenvalue weighted by Gasteiger charge is -2.05. The Kier molecular flexibility index (Phi) is 4.65. The number of aromatic nitrogens is 2. The number of hydrogen-bond donors (Lipinski definition) is 2. The Morgan fingerprint density at radius 2 is 2.20 bits per heavy atom. The van der Waals surface area contributed by atoms with Crippen LogP contribution in [-0.2, 0) is 6.54 Å². The molecule has 25 heavy (non-hydrogen) atoms. The average molecular weight is 339 g/mol. The fraction of sp³-hybridized carbons (Fsp3) is 0.167. The third-order valence-electron chi connectivity index (χ3n) is 3.63. The topological polar surface area (TPSA) is 97.5 Å². The number of benzene rings is 1. The van der Waals surface area contributed by atoms with Crippen molar-refractivity contribution in [3.8, 4) is 23.0 Å². The van der Waals surface area contributed by atoms with Gasteiger partial charge in [-0.25, -0.2) is 4.98 Å². The number of phenolic OH excluding ortho intramolecular Hbond substituents is 1. The summed E-state index contributed by atoms with van der Waals surface area (Å²) >= 11 is 0. The zero-order chi connectivity index (χ0) is 17.8. The first-order valence-electron chi connectivity index (χ1n) is 7.60. The number of hydrogen-bond acceptors (Lipinski definition) is 6. The Hall–Kier alpha value is -3.35. The van der Waals surface area contributed by atoms with Crippen LogP contribution in [0.25, 0.3) is 11.5 Å². The van der Waals surface area contributed by atoms with Crippen molar-refractivity contribution in [2.24, 2.45) is 0 Å². The van der Waals surface area contributed by atoms with Crippen molar-refractivity contribution in [3.05, 3.63) is 59.7 Å². The van der Waals surface area contributed by atoms with Crippen LogP contribution >= 0.6 is 0 Å². The Labute approximate surface area is 144 Å². The second kappa shape index (κ2) is 7.04. The molecule has 0 fully saturated rings. The standard InChI is InChI=1S/C18H17N3O4/c1-11-4-3-7-19-16(11)17(23)20-9-13-10-25-18(21-13)12-5-6-14(22)15(8-12)24-2/h3-8,10,22H,9H2,1-2H3,(H,20,23). The number of oxazole rings is 1. The quantitative estimate of drug-likeness (QED) is 0.742. The van der Waals surface area contributed by atoms with Gasteiger partial charge in [-0.05, 0) is 36.8 Å². The van der Waals surface area contributed by atoms with E-state index >= 15 is 0 Å². The second-order valence-corrected chi connectivity index (χ2v) is 5.38. The number of nitrogens with zero attached hydrogens (tertiary/aromatic N) is 2.